The molecule has 0 fully saturated rings. The number of hydrogen-bond donors (Lipinski definition) is 0. The van der Waals surface area contributed by atoms with E-state index in [1.807, 2.05) is 0 Å². The predicted molar refractivity (Wildman–Crippen MR) is 31.3 cm³/mol. The standard InChI is InChI=1S/C4H6O2.Ga.3H/c1-4(6)2-3-5;;;;/h3H,2H2,1H3;;;;. The maximum atomic E-state index is 9.81. The second kappa shape index (κ2) is 5.98. The molecule has 0 atom stereocenters. The Kier molecular flexibility index (Phi) is 8.59. The molecule has 7 heavy (non-hydrogen) atoms. The molecule has 0 saturated carbocycles. The van der Waals surface area contributed by atoms with E-state index in [0.29, 0.717) is 6.29 Å². The van der Waals surface area contributed by atoms with E-state index in [1.165, 1.54) is 6.92 Å². The minimum atomic E-state index is -0.0787. The van der Waals surface area contributed by atoms with Crippen molar-refractivity contribution in [2.75, 3.05) is 0 Å². The van der Waals surface area contributed by atoms with E-state index in [0.717, 1.165) is 0 Å². The molecular formula is C4H9GaO2. The van der Waals surface area contributed by atoms with E-state index < -0.39 is 0 Å². The van der Waals surface area contributed by atoms with Crippen molar-refractivity contribution in [2.24, 2.45) is 0 Å². The summed E-state index contributed by atoms with van der Waals surface area (Å²) in [4.78, 5) is 19.2. The monoisotopic (exact) mass is 158 g/mol. The first-order valence-corrected chi connectivity index (χ1v) is 1.70. The van der Waals surface area contributed by atoms with Crippen molar-refractivity contribution in [3.05, 3.63) is 0 Å². The van der Waals surface area contributed by atoms with Gasteiger partial charge in [-0.1, -0.05) is 0 Å². The topological polar surface area (TPSA) is 34.1 Å². The zero-order chi connectivity index (χ0) is 4.99. The Morgan fingerprint density at radius 1 is 1.71 bits per heavy atom. The molecule has 2 nitrogen and oxygen atoms in total. The van der Waals surface area contributed by atoms with Crippen LogP contribution in [0.15, 0.2) is 0 Å². The van der Waals surface area contributed by atoms with Gasteiger partial charge in [-0.3, -0.25) is 4.79 Å². The Labute approximate surface area is 55.3 Å². The number of hydrogen-bond acceptors (Lipinski definition) is 2. The van der Waals surface area contributed by atoms with Crippen molar-refractivity contribution in [1.29, 1.82) is 0 Å². The van der Waals surface area contributed by atoms with Crippen LogP contribution in [-0.2, 0) is 9.59 Å². The zero-order valence-corrected chi connectivity index (χ0v) is 3.60. The molecule has 0 spiro atoms. The van der Waals surface area contributed by atoms with Crippen LogP contribution in [0.25, 0.3) is 0 Å². The first kappa shape index (κ1) is 10.1. The number of carbonyl (C=O) groups is 2. The first-order valence-electron chi connectivity index (χ1n) is 1.70. The number of Topliss-reactive ketones (excluding diaryl/α,β-unsaturated/α-hetero) is 1. The molecule has 40 valence electrons. The van der Waals surface area contributed by atoms with Crippen molar-refractivity contribution in [2.45, 2.75) is 13.3 Å². The van der Waals surface area contributed by atoms with Crippen LogP contribution in [0.4, 0.5) is 0 Å². The van der Waals surface area contributed by atoms with E-state index in [4.69, 9.17) is 0 Å². The van der Waals surface area contributed by atoms with Gasteiger partial charge in [0.05, 0.1) is 6.42 Å². The van der Waals surface area contributed by atoms with E-state index >= 15 is 0 Å². The fourth-order valence-corrected chi connectivity index (χ4v) is 0.117. The van der Waals surface area contributed by atoms with Gasteiger partial charge in [-0.15, -0.1) is 0 Å². The molecule has 0 saturated heterocycles. The molecule has 0 aromatic rings. The van der Waals surface area contributed by atoms with Gasteiger partial charge in [-0.2, -0.15) is 0 Å². The van der Waals surface area contributed by atoms with Crippen molar-refractivity contribution in [3.8, 4) is 0 Å². The van der Waals surface area contributed by atoms with E-state index in [1.54, 1.807) is 0 Å². The van der Waals surface area contributed by atoms with Crippen molar-refractivity contribution >= 4 is 31.9 Å². The van der Waals surface area contributed by atoms with Crippen LogP contribution in [0.2, 0.25) is 0 Å². The average molecular weight is 159 g/mol. The Morgan fingerprint density at radius 2 is 2.14 bits per heavy atom. The molecule has 0 aromatic heterocycles. The molecule has 0 N–H and O–H groups in total. The van der Waals surface area contributed by atoms with Gasteiger partial charge in [0, 0.05) is 0 Å². The number of ketones is 1. The Bertz CT molecular complexity index is 70.1. The Hall–Kier alpha value is -0.0236. The molecule has 0 bridgehead atoms. The van der Waals surface area contributed by atoms with Crippen LogP contribution in [0.1, 0.15) is 13.3 Å². The third kappa shape index (κ3) is 10.7. The fourth-order valence-electron chi connectivity index (χ4n) is 0.117. The Morgan fingerprint density at radius 3 is 2.14 bits per heavy atom. The van der Waals surface area contributed by atoms with Gasteiger partial charge in [0.15, 0.2) is 0 Å². The molecule has 3 heteroatoms. The summed E-state index contributed by atoms with van der Waals surface area (Å²) in [7, 11) is 0. The van der Waals surface area contributed by atoms with Crippen LogP contribution in [-0.4, -0.2) is 31.9 Å². The van der Waals surface area contributed by atoms with Gasteiger partial charge in [0.25, 0.3) is 0 Å². The van der Waals surface area contributed by atoms with Crippen LogP contribution in [0.5, 0.6) is 0 Å². The van der Waals surface area contributed by atoms with Gasteiger partial charge in [-0.25, -0.2) is 0 Å². The maximum absolute atomic E-state index is 9.81. The number of aldehydes is 1. The third-order valence-corrected chi connectivity index (χ3v) is 0.371. The molecule has 0 rings (SSSR count). The van der Waals surface area contributed by atoms with E-state index in [-0.39, 0.29) is 32.0 Å². The van der Waals surface area contributed by atoms with E-state index in [2.05, 4.69) is 0 Å². The van der Waals surface area contributed by atoms with Gasteiger partial charge in [-0.05, 0) is 6.92 Å². The Balaban J connectivity index is 0. The van der Waals surface area contributed by atoms with Crippen LogP contribution < -0.4 is 0 Å². The molecule has 0 aromatic carbocycles. The van der Waals surface area contributed by atoms with Crippen LogP contribution >= 0.6 is 0 Å². The molecule has 0 amide bonds. The van der Waals surface area contributed by atoms with Crippen LogP contribution in [0.3, 0.4) is 0 Å². The molecule has 0 radical (unpaired) electrons. The fraction of sp³-hybridized carbons (Fsp3) is 0.500. The summed E-state index contributed by atoms with van der Waals surface area (Å²) in [6.45, 7) is 1.38. The predicted octanol–water partition coefficient (Wildman–Crippen LogP) is -1.02. The summed E-state index contributed by atoms with van der Waals surface area (Å²) < 4.78 is 0. The summed E-state index contributed by atoms with van der Waals surface area (Å²) in [6.07, 6.45) is 0.655. The SMILES string of the molecule is CC(=O)CC=O.[GaH3]. The molecule has 0 heterocycles. The third-order valence-electron chi connectivity index (χ3n) is 0.371. The molecule has 0 aliphatic rings. The number of rotatable bonds is 2. The van der Waals surface area contributed by atoms with Crippen molar-refractivity contribution in [3.63, 3.8) is 0 Å². The van der Waals surface area contributed by atoms with Gasteiger partial charge >= 0.3 is 19.8 Å². The molecule has 0 aliphatic heterocycles. The average Bonchev–Trinajstić information content (AvgIpc) is 1.35. The summed E-state index contributed by atoms with van der Waals surface area (Å²) >= 11 is 0. The second-order valence-electron chi connectivity index (χ2n) is 1.07. The molecule has 0 unspecified atom stereocenters. The first-order chi connectivity index (χ1) is 2.77. The van der Waals surface area contributed by atoms with Gasteiger partial charge in [0.1, 0.15) is 12.1 Å². The molecule has 0 aliphatic carbocycles. The number of carbonyl (C=O) groups excluding carboxylic acids is 2. The summed E-state index contributed by atoms with van der Waals surface area (Å²) in [6, 6.07) is 0. The summed E-state index contributed by atoms with van der Waals surface area (Å²) in [5.74, 6) is -0.0787. The minimum absolute atomic E-state index is 0. The zero-order valence-electron chi connectivity index (χ0n) is 3.60. The normalized spacial score (nSPS) is 6.43. The van der Waals surface area contributed by atoms with Gasteiger partial charge in [0.2, 0.25) is 0 Å². The van der Waals surface area contributed by atoms with Crippen molar-refractivity contribution < 1.29 is 9.59 Å². The molecular weight excluding hydrogens is 150 g/mol. The van der Waals surface area contributed by atoms with E-state index in [9.17, 15) is 9.59 Å². The second-order valence-corrected chi connectivity index (χ2v) is 1.07. The van der Waals surface area contributed by atoms with Gasteiger partial charge < -0.3 is 4.79 Å². The summed E-state index contributed by atoms with van der Waals surface area (Å²) in [5.41, 5.74) is 0. The quantitative estimate of drug-likeness (QED) is 0.293. The van der Waals surface area contributed by atoms with Crippen LogP contribution in [0, 0.1) is 0 Å². The summed E-state index contributed by atoms with van der Waals surface area (Å²) in [5, 5.41) is 0. The van der Waals surface area contributed by atoms with Crippen molar-refractivity contribution in [1.82, 2.24) is 0 Å².